The average Bonchev–Trinajstić information content (AvgIpc) is 3.11. The van der Waals surface area contributed by atoms with E-state index < -0.39 is 0 Å². The van der Waals surface area contributed by atoms with E-state index in [4.69, 9.17) is 0 Å². The van der Waals surface area contributed by atoms with Crippen molar-refractivity contribution >= 4 is 15.9 Å². The van der Waals surface area contributed by atoms with Gasteiger partial charge in [-0.2, -0.15) is 0 Å². The van der Waals surface area contributed by atoms with Crippen molar-refractivity contribution in [1.82, 2.24) is 10.2 Å². The summed E-state index contributed by atoms with van der Waals surface area (Å²) in [6.07, 6.45) is 4.15. The fraction of sp³-hybridized carbons (Fsp3) is 0.600. The van der Waals surface area contributed by atoms with Crippen LogP contribution < -0.4 is 5.32 Å². The predicted octanol–water partition coefficient (Wildman–Crippen LogP) is 3.34. The highest BCUT2D eigenvalue weighted by Gasteiger charge is 2.34. The van der Waals surface area contributed by atoms with Crippen molar-refractivity contribution in [2.45, 2.75) is 44.3 Å². The topological polar surface area (TPSA) is 15.3 Å². The zero-order valence-corrected chi connectivity index (χ0v) is 12.5. The molecule has 3 rings (SSSR count). The van der Waals surface area contributed by atoms with Crippen molar-refractivity contribution in [2.24, 2.45) is 0 Å². The van der Waals surface area contributed by atoms with Gasteiger partial charge in [0.2, 0.25) is 0 Å². The normalized spacial score (nSPS) is 26.4. The number of benzene rings is 1. The highest BCUT2D eigenvalue weighted by atomic mass is 79.9. The van der Waals surface area contributed by atoms with Crippen molar-refractivity contribution < 1.29 is 0 Å². The van der Waals surface area contributed by atoms with E-state index >= 15 is 0 Å². The van der Waals surface area contributed by atoms with Crippen LogP contribution in [0.3, 0.4) is 0 Å². The first kappa shape index (κ1) is 12.6. The predicted molar refractivity (Wildman–Crippen MR) is 78.7 cm³/mol. The summed E-state index contributed by atoms with van der Waals surface area (Å²) in [5.41, 5.74) is 1.37. The van der Waals surface area contributed by atoms with Crippen LogP contribution in [-0.2, 0) is 0 Å². The van der Waals surface area contributed by atoms with Gasteiger partial charge < -0.3 is 5.32 Å². The molecule has 2 aliphatic rings. The van der Waals surface area contributed by atoms with Crippen molar-refractivity contribution in [3.63, 3.8) is 0 Å². The Morgan fingerprint density at radius 1 is 1.33 bits per heavy atom. The van der Waals surface area contributed by atoms with Gasteiger partial charge >= 0.3 is 0 Å². The molecule has 3 heteroatoms. The van der Waals surface area contributed by atoms with Crippen LogP contribution in [0.25, 0.3) is 0 Å². The highest BCUT2D eigenvalue weighted by molar-refractivity contribution is 9.10. The fourth-order valence-electron chi connectivity index (χ4n) is 2.92. The van der Waals surface area contributed by atoms with Crippen LogP contribution in [0.15, 0.2) is 28.7 Å². The molecule has 1 aliphatic carbocycles. The van der Waals surface area contributed by atoms with E-state index in [9.17, 15) is 0 Å². The first-order chi connectivity index (χ1) is 8.72. The number of hydrogen-bond donors (Lipinski definition) is 1. The lowest BCUT2D eigenvalue weighted by atomic mass is 10.1. The van der Waals surface area contributed by atoms with Gasteiger partial charge in [0.15, 0.2) is 0 Å². The summed E-state index contributed by atoms with van der Waals surface area (Å²) in [7, 11) is 0. The summed E-state index contributed by atoms with van der Waals surface area (Å²) in [6, 6.07) is 10.6. The first-order valence-corrected chi connectivity index (χ1v) is 7.77. The lowest BCUT2D eigenvalue weighted by molar-refractivity contribution is 0.313. The van der Waals surface area contributed by atoms with Gasteiger partial charge in [0, 0.05) is 35.7 Å². The second-order valence-corrected chi connectivity index (χ2v) is 6.57. The van der Waals surface area contributed by atoms with Crippen LogP contribution in [0, 0.1) is 0 Å². The molecule has 1 heterocycles. The summed E-state index contributed by atoms with van der Waals surface area (Å²) in [5.74, 6) is 0. The van der Waals surface area contributed by atoms with E-state index in [0.717, 1.165) is 6.04 Å². The number of nitrogens with zero attached hydrogens (tertiary/aromatic N) is 1. The Bertz CT molecular complexity index is 417. The van der Waals surface area contributed by atoms with E-state index in [2.05, 4.69) is 57.3 Å². The minimum atomic E-state index is 0.437. The fourth-order valence-corrected chi connectivity index (χ4v) is 3.34. The van der Waals surface area contributed by atoms with Crippen LogP contribution >= 0.6 is 15.9 Å². The number of hydrogen-bond acceptors (Lipinski definition) is 2. The van der Waals surface area contributed by atoms with Gasteiger partial charge in [-0.3, -0.25) is 4.90 Å². The van der Waals surface area contributed by atoms with E-state index in [1.165, 1.54) is 42.4 Å². The van der Waals surface area contributed by atoms with Crippen molar-refractivity contribution in [3.05, 3.63) is 34.3 Å². The van der Waals surface area contributed by atoms with Crippen LogP contribution in [0.2, 0.25) is 0 Å². The Kier molecular flexibility index (Phi) is 3.73. The van der Waals surface area contributed by atoms with Gasteiger partial charge in [0.05, 0.1) is 0 Å². The zero-order valence-electron chi connectivity index (χ0n) is 10.9. The molecule has 1 saturated carbocycles. The molecule has 0 amide bonds. The molecule has 1 aromatic carbocycles. The van der Waals surface area contributed by atoms with Gasteiger partial charge in [-0.25, -0.2) is 0 Å². The smallest absolute Gasteiger partial charge is 0.0295 e. The van der Waals surface area contributed by atoms with Crippen LogP contribution in [0.5, 0.6) is 0 Å². The zero-order chi connectivity index (χ0) is 12.5. The molecule has 0 aromatic heterocycles. The number of nitrogens with one attached hydrogen (secondary N) is 1. The minimum absolute atomic E-state index is 0.437. The van der Waals surface area contributed by atoms with Gasteiger partial charge in [0.25, 0.3) is 0 Å². The largest absolute Gasteiger partial charge is 0.306 e. The van der Waals surface area contributed by atoms with Crippen LogP contribution in [0.4, 0.5) is 0 Å². The van der Waals surface area contributed by atoms with E-state index in [1.807, 2.05) is 0 Å². The third-order valence-electron chi connectivity index (χ3n) is 4.12. The molecule has 1 saturated heterocycles. The molecule has 1 aliphatic heterocycles. The van der Waals surface area contributed by atoms with Crippen molar-refractivity contribution in [3.8, 4) is 0 Å². The quantitative estimate of drug-likeness (QED) is 0.918. The molecule has 1 aromatic rings. The number of likely N-dealkylation sites (tertiary alicyclic amines) is 1. The Hall–Kier alpha value is -0.380. The van der Waals surface area contributed by atoms with E-state index in [0.29, 0.717) is 12.1 Å². The summed E-state index contributed by atoms with van der Waals surface area (Å²) in [4.78, 5) is 2.66. The number of rotatable bonds is 4. The minimum Gasteiger partial charge on any atom is -0.306 e. The van der Waals surface area contributed by atoms with Crippen LogP contribution in [-0.4, -0.2) is 30.1 Å². The molecule has 0 spiro atoms. The van der Waals surface area contributed by atoms with Gasteiger partial charge in [-0.05, 0) is 43.9 Å². The van der Waals surface area contributed by atoms with E-state index in [1.54, 1.807) is 0 Å². The molecule has 0 radical (unpaired) electrons. The Morgan fingerprint density at radius 3 is 2.89 bits per heavy atom. The molecule has 98 valence electrons. The monoisotopic (exact) mass is 308 g/mol. The molecular weight excluding hydrogens is 288 g/mol. The maximum Gasteiger partial charge on any atom is 0.0295 e. The van der Waals surface area contributed by atoms with Gasteiger partial charge in [-0.15, -0.1) is 0 Å². The maximum absolute atomic E-state index is 3.77. The summed E-state index contributed by atoms with van der Waals surface area (Å²) in [5, 5.41) is 3.77. The van der Waals surface area contributed by atoms with Crippen molar-refractivity contribution in [1.29, 1.82) is 0 Å². The lowest BCUT2D eigenvalue weighted by Gasteiger charge is -2.21. The molecule has 2 fully saturated rings. The summed E-state index contributed by atoms with van der Waals surface area (Å²) in [6.45, 7) is 4.79. The average molecular weight is 309 g/mol. The summed E-state index contributed by atoms with van der Waals surface area (Å²) < 4.78 is 1.17. The Morgan fingerprint density at radius 2 is 2.17 bits per heavy atom. The lowest BCUT2D eigenvalue weighted by Crippen LogP contribution is -2.34. The van der Waals surface area contributed by atoms with E-state index in [-0.39, 0.29) is 0 Å². The van der Waals surface area contributed by atoms with Crippen molar-refractivity contribution in [2.75, 3.05) is 13.1 Å². The molecule has 2 unspecified atom stereocenters. The Labute approximate surface area is 118 Å². The first-order valence-electron chi connectivity index (χ1n) is 6.98. The molecule has 0 bridgehead atoms. The molecule has 2 atom stereocenters. The third kappa shape index (κ3) is 2.95. The standard InChI is InChI=1S/C15H21BrN2/c1-11(12-3-2-4-13(16)9-12)17-14-7-8-18(10-14)15-5-6-15/h2-4,9,11,14-15,17H,5-8,10H2,1H3. The molecule has 2 nitrogen and oxygen atoms in total. The molecule has 1 N–H and O–H groups in total. The summed E-state index contributed by atoms with van der Waals surface area (Å²) >= 11 is 3.54. The molecular formula is C15H21BrN2. The molecule has 18 heavy (non-hydrogen) atoms. The number of halogens is 1. The highest BCUT2D eigenvalue weighted by Crippen LogP contribution is 2.30. The SMILES string of the molecule is CC(NC1CCN(C2CC2)C1)c1cccc(Br)c1. The van der Waals surface area contributed by atoms with Crippen LogP contribution in [0.1, 0.15) is 37.8 Å². The second-order valence-electron chi connectivity index (χ2n) is 5.66. The van der Waals surface area contributed by atoms with Gasteiger partial charge in [0.1, 0.15) is 0 Å². The second kappa shape index (κ2) is 5.32. The Balaban J connectivity index is 1.56. The third-order valence-corrected chi connectivity index (χ3v) is 4.61. The maximum atomic E-state index is 3.77. The van der Waals surface area contributed by atoms with Gasteiger partial charge in [-0.1, -0.05) is 28.1 Å².